The summed E-state index contributed by atoms with van der Waals surface area (Å²) in [6, 6.07) is 10.4. The molecule has 0 radical (unpaired) electrons. The zero-order chi connectivity index (χ0) is 15.4. The van der Waals surface area contributed by atoms with Crippen LogP contribution in [-0.4, -0.2) is 24.0 Å². The third-order valence-corrected chi connectivity index (χ3v) is 4.26. The number of hydrogen-bond acceptors (Lipinski definition) is 1. The zero-order valence-electron chi connectivity index (χ0n) is 13.7. The topological polar surface area (TPSA) is 32.3 Å². The van der Waals surface area contributed by atoms with E-state index >= 15 is 0 Å². The Morgan fingerprint density at radius 2 is 1.71 bits per heavy atom. The molecule has 1 fully saturated rings. The molecule has 2 amide bonds. The Hall–Kier alpha value is -1.51. The minimum atomic E-state index is 0.0752. The highest BCUT2D eigenvalue weighted by Gasteiger charge is 2.27. The fraction of sp³-hybridized carbons (Fsp3) is 0.611. The molecule has 21 heavy (non-hydrogen) atoms. The van der Waals surface area contributed by atoms with Crippen molar-refractivity contribution < 1.29 is 4.79 Å². The van der Waals surface area contributed by atoms with E-state index in [1.54, 1.807) is 0 Å². The average Bonchev–Trinajstić information content (AvgIpc) is 2.44. The molecule has 0 saturated carbocycles. The summed E-state index contributed by atoms with van der Waals surface area (Å²) < 4.78 is 0. The Balaban J connectivity index is 2.05. The first-order valence-corrected chi connectivity index (χ1v) is 8.07. The molecule has 3 heteroatoms. The Morgan fingerprint density at radius 3 is 2.24 bits per heavy atom. The summed E-state index contributed by atoms with van der Waals surface area (Å²) in [7, 11) is 0. The molecule has 0 spiro atoms. The van der Waals surface area contributed by atoms with Gasteiger partial charge in [-0.2, -0.15) is 0 Å². The van der Waals surface area contributed by atoms with Gasteiger partial charge in [-0.05, 0) is 29.7 Å². The van der Waals surface area contributed by atoms with Crippen molar-refractivity contribution in [1.29, 1.82) is 0 Å². The molecule has 2 rings (SSSR count). The van der Waals surface area contributed by atoms with Crippen LogP contribution >= 0.6 is 0 Å². The van der Waals surface area contributed by atoms with Gasteiger partial charge < -0.3 is 10.2 Å². The molecular weight excluding hydrogens is 260 g/mol. The van der Waals surface area contributed by atoms with Gasteiger partial charge in [-0.15, -0.1) is 0 Å². The molecule has 1 saturated heterocycles. The molecular formula is C18H28N2O. The molecule has 116 valence electrons. The highest BCUT2D eigenvalue weighted by molar-refractivity contribution is 5.75. The monoisotopic (exact) mass is 288 g/mol. The smallest absolute Gasteiger partial charge is 0.317 e. The van der Waals surface area contributed by atoms with Crippen molar-refractivity contribution in [3.05, 3.63) is 35.9 Å². The minimum Gasteiger partial charge on any atom is -0.331 e. The van der Waals surface area contributed by atoms with E-state index in [-0.39, 0.29) is 12.1 Å². The molecule has 0 bridgehead atoms. The Kier molecular flexibility index (Phi) is 5.27. The predicted octanol–water partition coefficient (Wildman–Crippen LogP) is 4.07. The van der Waals surface area contributed by atoms with Gasteiger partial charge in [0.15, 0.2) is 0 Å². The van der Waals surface area contributed by atoms with Crippen molar-refractivity contribution in [2.24, 2.45) is 17.8 Å². The SMILES string of the molecule is CC1CC(C)CN(C(=O)NC(c2ccccc2)C(C)C)C1. The number of hydrogen-bond donors (Lipinski definition) is 1. The van der Waals surface area contributed by atoms with Gasteiger partial charge >= 0.3 is 6.03 Å². The van der Waals surface area contributed by atoms with Crippen LogP contribution in [0.5, 0.6) is 0 Å². The van der Waals surface area contributed by atoms with Gasteiger partial charge in [0.1, 0.15) is 0 Å². The molecule has 1 aromatic rings. The first-order valence-electron chi connectivity index (χ1n) is 8.07. The van der Waals surface area contributed by atoms with E-state index < -0.39 is 0 Å². The largest absolute Gasteiger partial charge is 0.331 e. The van der Waals surface area contributed by atoms with Crippen LogP contribution in [0.15, 0.2) is 30.3 Å². The average molecular weight is 288 g/mol. The predicted molar refractivity (Wildman–Crippen MR) is 87.1 cm³/mol. The number of piperidine rings is 1. The lowest BCUT2D eigenvalue weighted by atomic mass is 9.92. The van der Waals surface area contributed by atoms with Crippen LogP contribution in [0, 0.1) is 17.8 Å². The summed E-state index contributed by atoms with van der Waals surface area (Å²) in [4.78, 5) is 14.6. The maximum absolute atomic E-state index is 12.6. The van der Waals surface area contributed by atoms with Gasteiger partial charge in [0.25, 0.3) is 0 Å². The summed E-state index contributed by atoms with van der Waals surface area (Å²) in [5.74, 6) is 1.55. The van der Waals surface area contributed by atoms with Gasteiger partial charge in [0, 0.05) is 13.1 Å². The molecule has 1 aromatic carbocycles. The third-order valence-electron chi connectivity index (χ3n) is 4.26. The molecule has 3 nitrogen and oxygen atoms in total. The normalized spacial score (nSPS) is 24.0. The number of nitrogens with one attached hydrogen (secondary N) is 1. The molecule has 0 aliphatic carbocycles. The fourth-order valence-corrected chi connectivity index (χ4v) is 3.35. The molecule has 1 aliphatic heterocycles. The number of urea groups is 1. The standard InChI is InChI=1S/C18H28N2O/c1-13(2)17(16-8-6-5-7-9-16)19-18(21)20-11-14(3)10-15(4)12-20/h5-9,13-15,17H,10-12H2,1-4H3,(H,19,21). The first kappa shape index (κ1) is 15.9. The number of likely N-dealkylation sites (tertiary alicyclic amines) is 1. The Morgan fingerprint density at radius 1 is 1.14 bits per heavy atom. The summed E-state index contributed by atoms with van der Waals surface area (Å²) >= 11 is 0. The van der Waals surface area contributed by atoms with Crippen molar-refractivity contribution in [3.8, 4) is 0 Å². The van der Waals surface area contributed by atoms with E-state index in [4.69, 9.17) is 0 Å². The van der Waals surface area contributed by atoms with Crippen molar-refractivity contribution >= 4 is 6.03 Å². The van der Waals surface area contributed by atoms with Crippen molar-refractivity contribution in [3.63, 3.8) is 0 Å². The number of benzene rings is 1. The summed E-state index contributed by atoms with van der Waals surface area (Å²) in [6.07, 6.45) is 1.22. The summed E-state index contributed by atoms with van der Waals surface area (Å²) in [5.41, 5.74) is 1.18. The molecule has 0 aromatic heterocycles. The van der Waals surface area contributed by atoms with Crippen LogP contribution in [0.2, 0.25) is 0 Å². The Bertz CT molecular complexity index is 448. The van der Waals surface area contributed by atoms with E-state index in [0.29, 0.717) is 17.8 Å². The van der Waals surface area contributed by atoms with E-state index in [2.05, 4.69) is 45.1 Å². The van der Waals surface area contributed by atoms with Gasteiger partial charge in [-0.3, -0.25) is 0 Å². The quantitative estimate of drug-likeness (QED) is 0.893. The van der Waals surface area contributed by atoms with Gasteiger partial charge in [-0.1, -0.05) is 58.0 Å². The van der Waals surface area contributed by atoms with Gasteiger partial charge in [0.05, 0.1) is 6.04 Å². The highest BCUT2D eigenvalue weighted by Crippen LogP contribution is 2.24. The van der Waals surface area contributed by atoms with Crippen LogP contribution in [-0.2, 0) is 0 Å². The van der Waals surface area contributed by atoms with Crippen LogP contribution in [0.25, 0.3) is 0 Å². The second-order valence-corrected chi connectivity index (χ2v) is 6.93. The number of carbonyl (C=O) groups excluding carboxylic acids is 1. The van der Waals surface area contributed by atoms with E-state index in [1.807, 2.05) is 23.1 Å². The second-order valence-electron chi connectivity index (χ2n) is 6.93. The maximum Gasteiger partial charge on any atom is 0.317 e. The van der Waals surface area contributed by atoms with Crippen LogP contribution in [0.3, 0.4) is 0 Å². The summed E-state index contributed by atoms with van der Waals surface area (Å²) in [6.45, 7) is 10.5. The van der Waals surface area contributed by atoms with Crippen LogP contribution < -0.4 is 5.32 Å². The molecule has 3 unspecified atom stereocenters. The molecule has 1 N–H and O–H groups in total. The molecule has 1 heterocycles. The molecule has 1 aliphatic rings. The fourth-order valence-electron chi connectivity index (χ4n) is 3.35. The van der Waals surface area contributed by atoms with Crippen LogP contribution in [0.4, 0.5) is 4.79 Å². The third kappa shape index (κ3) is 4.23. The van der Waals surface area contributed by atoms with Gasteiger partial charge in [-0.25, -0.2) is 4.79 Å². The molecule has 3 atom stereocenters. The maximum atomic E-state index is 12.6. The lowest BCUT2D eigenvalue weighted by Gasteiger charge is -2.36. The van der Waals surface area contributed by atoms with Crippen molar-refractivity contribution in [2.75, 3.05) is 13.1 Å². The second kappa shape index (κ2) is 6.97. The van der Waals surface area contributed by atoms with E-state index in [0.717, 1.165) is 13.1 Å². The Labute approximate surface area is 128 Å². The zero-order valence-corrected chi connectivity index (χ0v) is 13.7. The first-order chi connectivity index (χ1) is 9.97. The summed E-state index contributed by atoms with van der Waals surface area (Å²) in [5, 5.41) is 3.23. The lowest BCUT2D eigenvalue weighted by molar-refractivity contribution is 0.141. The van der Waals surface area contributed by atoms with Crippen LogP contribution in [0.1, 0.15) is 45.7 Å². The van der Waals surface area contributed by atoms with E-state index in [1.165, 1.54) is 12.0 Å². The van der Waals surface area contributed by atoms with Crippen molar-refractivity contribution in [1.82, 2.24) is 10.2 Å². The lowest BCUT2D eigenvalue weighted by Crippen LogP contribution is -2.48. The number of nitrogens with zero attached hydrogens (tertiary/aromatic N) is 1. The van der Waals surface area contributed by atoms with Gasteiger partial charge in [0.2, 0.25) is 0 Å². The minimum absolute atomic E-state index is 0.0752. The number of carbonyl (C=O) groups is 1. The number of amides is 2. The number of rotatable bonds is 3. The highest BCUT2D eigenvalue weighted by atomic mass is 16.2. The van der Waals surface area contributed by atoms with Crippen molar-refractivity contribution in [2.45, 2.75) is 40.2 Å². The van der Waals surface area contributed by atoms with E-state index in [9.17, 15) is 4.79 Å².